The van der Waals surface area contributed by atoms with Gasteiger partial charge in [0, 0.05) is 19.2 Å². The number of non-ortho nitro benzene ring substituents is 1. The van der Waals surface area contributed by atoms with E-state index in [2.05, 4.69) is 4.98 Å². The molecule has 0 radical (unpaired) electrons. The first-order valence-electron chi connectivity index (χ1n) is 6.88. The lowest BCUT2D eigenvalue weighted by atomic mass is 10.1. The lowest BCUT2D eigenvalue weighted by molar-refractivity contribution is -0.382. The SMILES string of the molecule is N#Cc1cc([N+](=O)[O-])c2sc(C(=O)N3CCCCC3)nc2c1. The van der Waals surface area contributed by atoms with Gasteiger partial charge in [-0.3, -0.25) is 14.9 Å². The minimum absolute atomic E-state index is 0.168. The zero-order valence-electron chi connectivity index (χ0n) is 11.6. The third kappa shape index (κ3) is 2.51. The Morgan fingerprint density at radius 2 is 2.09 bits per heavy atom. The number of nitro groups is 1. The van der Waals surface area contributed by atoms with E-state index in [1.165, 1.54) is 12.1 Å². The Kier molecular flexibility index (Phi) is 3.73. The van der Waals surface area contributed by atoms with Crippen LogP contribution in [0.3, 0.4) is 0 Å². The normalized spacial score (nSPS) is 14.8. The molecule has 1 aromatic carbocycles. The van der Waals surface area contributed by atoms with E-state index in [0.717, 1.165) is 30.6 Å². The van der Waals surface area contributed by atoms with E-state index in [-0.39, 0.29) is 22.2 Å². The molecule has 1 aromatic heterocycles. The van der Waals surface area contributed by atoms with Gasteiger partial charge in [-0.05, 0) is 25.3 Å². The Labute approximate surface area is 129 Å². The van der Waals surface area contributed by atoms with E-state index >= 15 is 0 Å². The molecular weight excluding hydrogens is 304 g/mol. The molecule has 0 spiro atoms. The van der Waals surface area contributed by atoms with Crippen molar-refractivity contribution in [3.63, 3.8) is 0 Å². The lowest BCUT2D eigenvalue weighted by Gasteiger charge is -2.25. The Balaban J connectivity index is 2.05. The second kappa shape index (κ2) is 5.69. The number of carbonyl (C=O) groups excluding carboxylic acids is 1. The number of thiazole rings is 1. The van der Waals surface area contributed by atoms with E-state index in [0.29, 0.717) is 23.3 Å². The molecule has 1 fully saturated rings. The number of carbonyl (C=O) groups is 1. The van der Waals surface area contributed by atoms with Crippen molar-refractivity contribution in [2.45, 2.75) is 19.3 Å². The van der Waals surface area contributed by atoms with Crippen LogP contribution >= 0.6 is 11.3 Å². The molecule has 3 rings (SSSR count). The van der Waals surface area contributed by atoms with Crippen LogP contribution in [0.2, 0.25) is 0 Å². The fourth-order valence-corrected chi connectivity index (χ4v) is 3.54. The maximum atomic E-state index is 12.4. The Morgan fingerprint density at radius 1 is 1.36 bits per heavy atom. The summed E-state index contributed by atoms with van der Waals surface area (Å²) in [5.74, 6) is -0.186. The van der Waals surface area contributed by atoms with Crippen LogP contribution in [0.4, 0.5) is 5.69 Å². The molecule has 0 atom stereocenters. The summed E-state index contributed by atoms with van der Waals surface area (Å²) in [6.45, 7) is 1.39. The van der Waals surface area contributed by atoms with Gasteiger partial charge in [-0.25, -0.2) is 4.98 Å². The standard InChI is InChI=1S/C14H12N4O3S/c15-8-9-6-10-12(11(7-9)18(20)21)22-13(16-10)14(19)17-4-2-1-3-5-17/h6-7H,1-5H2. The topological polar surface area (TPSA) is 100 Å². The van der Waals surface area contributed by atoms with Crippen molar-refractivity contribution in [2.75, 3.05) is 13.1 Å². The predicted octanol–water partition coefficient (Wildman–Crippen LogP) is 2.70. The molecule has 2 heterocycles. The monoisotopic (exact) mass is 316 g/mol. The minimum atomic E-state index is -0.545. The predicted molar refractivity (Wildman–Crippen MR) is 80.7 cm³/mol. The summed E-state index contributed by atoms with van der Waals surface area (Å²) in [6.07, 6.45) is 3.05. The molecule has 0 saturated carbocycles. The van der Waals surface area contributed by atoms with E-state index in [4.69, 9.17) is 5.26 Å². The van der Waals surface area contributed by atoms with Gasteiger partial charge in [0.05, 0.1) is 22.1 Å². The van der Waals surface area contributed by atoms with Crippen molar-refractivity contribution < 1.29 is 9.72 Å². The van der Waals surface area contributed by atoms with Gasteiger partial charge in [-0.2, -0.15) is 5.26 Å². The maximum Gasteiger partial charge on any atom is 0.290 e. The van der Waals surface area contributed by atoms with Crippen LogP contribution in [-0.4, -0.2) is 33.8 Å². The fraction of sp³-hybridized carbons (Fsp3) is 0.357. The maximum absolute atomic E-state index is 12.4. The number of likely N-dealkylation sites (tertiary alicyclic amines) is 1. The van der Waals surface area contributed by atoms with Gasteiger partial charge in [0.2, 0.25) is 0 Å². The molecule has 7 nitrogen and oxygen atoms in total. The molecule has 0 N–H and O–H groups in total. The van der Waals surface area contributed by atoms with E-state index in [1.54, 1.807) is 4.90 Å². The van der Waals surface area contributed by atoms with Gasteiger partial charge in [0.25, 0.3) is 11.6 Å². The molecule has 1 aliphatic heterocycles. The Bertz CT molecular complexity index is 802. The van der Waals surface area contributed by atoms with Crippen molar-refractivity contribution in [1.29, 1.82) is 5.26 Å². The van der Waals surface area contributed by atoms with Crippen molar-refractivity contribution in [3.05, 3.63) is 32.8 Å². The largest absolute Gasteiger partial charge is 0.337 e. The summed E-state index contributed by atoms with van der Waals surface area (Å²) < 4.78 is 0.337. The zero-order chi connectivity index (χ0) is 15.7. The second-order valence-electron chi connectivity index (χ2n) is 5.08. The van der Waals surface area contributed by atoms with E-state index < -0.39 is 4.92 Å². The molecule has 0 bridgehead atoms. The molecule has 8 heteroatoms. The van der Waals surface area contributed by atoms with Crippen LogP contribution < -0.4 is 0 Å². The smallest absolute Gasteiger partial charge is 0.290 e. The molecule has 1 aliphatic rings. The van der Waals surface area contributed by atoms with Gasteiger partial charge in [-0.1, -0.05) is 0 Å². The summed E-state index contributed by atoms with van der Waals surface area (Å²) in [6, 6.07) is 4.58. The number of piperidine rings is 1. The average Bonchev–Trinajstić information content (AvgIpc) is 2.97. The van der Waals surface area contributed by atoms with Crippen molar-refractivity contribution in [2.24, 2.45) is 0 Å². The van der Waals surface area contributed by atoms with Crippen molar-refractivity contribution >= 4 is 33.1 Å². The summed E-state index contributed by atoms with van der Waals surface area (Å²) >= 11 is 1.02. The van der Waals surface area contributed by atoms with Gasteiger partial charge < -0.3 is 4.90 Å². The number of nitriles is 1. The average molecular weight is 316 g/mol. The zero-order valence-corrected chi connectivity index (χ0v) is 12.4. The van der Waals surface area contributed by atoms with Gasteiger partial charge in [-0.15, -0.1) is 11.3 Å². The third-order valence-electron chi connectivity index (χ3n) is 3.62. The number of nitro benzene ring substituents is 1. The molecule has 1 saturated heterocycles. The number of hydrogen-bond acceptors (Lipinski definition) is 6. The van der Waals surface area contributed by atoms with Crippen LogP contribution in [0.25, 0.3) is 10.2 Å². The molecule has 2 aromatic rings. The summed E-state index contributed by atoms with van der Waals surface area (Å²) in [5, 5.41) is 20.3. The molecule has 22 heavy (non-hydrogen) atoms. The highest BCUT2D eigenvalue weighted by molar-refractivity contribution is 7.20. The first kappa shape index (κ1) is 14.4. The number of aromatic nitrogens is 1. The van der Waals surface area contributed by atoms with Crippen molar-refractivity contribution in [3.8, 4) is 6.07 Å². The third-order valence-corrected chi connectivity index (χ3v) is 4.70. The molecule has 0 unspecified atom stereocenters. The van der Waals surface area contributed by atoms with E-state index in [9.17, 15) is 14.9 Å². The quantitative estimate of drug-likeness (QED) is 0.626. The molecular formula is C14H12N4O3S. The molecule has 112 valence electrons. The first-order valence-corrected chi connectivity index (χ1v) is 7.70. The Hall–Kier alpha value is -2.53. The fourth-order valence-electron chi connectivity index (χ4n) is 2.54. The number of hydrogen-bond donors (Lipinski definition) is 0. The number of benzene rings is 1. The summed E-state index contributed by atoms with van der Waals surface area (Å²) in [5.41, 5.74) is 0.321. The molecule has 1 amide bonds. The van der Waals surface area contributed by atoms with Crippen LogP contribution in [0.5, 0.6) is 0 Å². The van der Waals surface area contributed by atoms with Crippen LogP contribution in [0.15, 0.2) is 12.1 Å². The second-order valence-corrected chi connectivity index (χ2v) is 6.08. The number of amides is 1. The minimum Gasteiger partial charge on any atom is -0.337 e. The highest BCUT2D eigenvalue weighted by Crippen LogP contribution is 2.33. The summed E-state index contributed by atoms with van der Waals surface area (Å²) in [4.78, 5) is 29.0. The van der Waals surface area contributed by atoms with E-state index in [1.807, 2.05) is 6.07 Å². The van der Waals surface area contributed by atoms with Gasteiger partial charge >= 0.3 is 0 Å². The lowest BCUT2D eigenvalue weighted by Crippen LogP contribution is -2.35. The van der Waals surface area contributed by atoms with Gasteiger partial charge in [0.15, 0.2) is 5.01 Å². The summed E-state index contributed by atoms with van der Waals surface area (Å²) in [7, 11) is 0. The van der Waals surface area contributed by atoms with Crippen LogP contribution in [0.1, 0.15) is 34.6 Å². The van der Waals surface area contributed by atoms with Crippen LogP contribution in [-0.2, 0) is 0 Å². The van der Waals surface area contributed by atoms with Crippen molar-refractivity contribution in [1.82, 2.24) is 9.88 Å². The van der Waals surface area contributed by atoms with Gasteiger partial charge in [0.1, 0.15) is 4.70 Å². The number of nitrogens with zero attached hydrogens (tertiary/aromatic N) is 4. The molecule has 0 aliphatic carbocycles. The number of rotatable bonds is 2. The van der Waals surface area contributed by atoms with Crippen LogP contribution in [0, 0.1) is 21.4 Å². The highest BCUT2D eigenvalue weighted by atomic mass is 32.1. The first-order chi connectivity index (χ1) is 10.6. The Morgan fingerprint density at radius 3 is 2.73 bits per heavy atom. The highest BCUT2D eigenvalue weighted by Gasteiger charge is 2.25. The number of fused-ring (bicyclic) bond motifs is 1.